The van der Waals surface area contributed by atoms with Gasteiger partial charge in [0.25, 0.3) is 5.91 Å². The summed E-state index contributed by atoms with van der Waals surface area (Å²) in [6.45, 7) is 0.883. The average molecular weight is 283 g/mol. The third-order valence-electron chi connectivity index (χ3n) is 2.76. The van der Waals surface area contributed by atoms with E-state index < -0.39 is 0 Å². The summed E-state index contributed by atoms with van der Waals surface area (Å²) in [5, 5.41) is 2.82. The Balaban J connectivity index is 1.77. The van der Waals surface area contributed by atoms with Crippen LogP contribution >= 0.6 is 0 Å². The highest BCUT2D eigenvalue weighted by Crippen LogP contribution is 1.99. The maximum atomic E-state index is 11.9. The lowest BCUT2D eigenvalue weighted by Crippen LogP contribution is -2.25. The van der Waals surface area contributed by atoms with E-state index in [-0.39, 0.29) is 5.91 Å². The van der Waals surface area contributed by atoms with Gasteiger partial charge in [-0.3, -0.25) is 4.79 Å². The minimum Gasteiger partial charge on any atom is -0.351 e. The second-order valence-electron chi connectivity index (χ2n) is 4.33. The zero-order chi connectivity index (χ0) is 14.9. The number of hydrogen-bond acceptors (Lipinski definition) is 4. The Labute approximate surface area is 123 Å². The second kappa shape index (κ2) is 7.82. The van der Waals surface area contributed by atoms with Gasteiger partial charge in [-0.1, -0.05) is 11.8 Å². The molecule has 0 spiro atoms. The van der Waals surface area contributed by atoms with E-state index in [1.165, 1.54) is 0 Å². The van der Waals surface area contributed by atoms with Gasteiger partial charge >= 0.3 is 0 Å². The van der Waals surface area contributed by atoms with Gasteiger partial charge in [0, 0.05) is 37.1 Å². The fourth-order valence-corrected chi connectivity index (χ4v) is 1.74. The Morgan fingerprint density at radius 1 is 1.38 bits per heavy atom. The number of amides is 1. The molecule has 2 rings (SSSR count). The lowest BCUT2D eigenvalue weighted by atomic mass is 10.2. The summed E-state index contributed by atoms with van der Waals surface area (Å²) in [6.07, 6.45) is 6.69. The van der Waals surface area contributed by atoms with Gasteiger partial charge in [-0.05, 0) is 18.6 Å². The van der Waals surface area contributed by atoms with Gasteiger partial charge in [0.05, 0.1) is 6.54 Å². The molecule has 0 aliphatic heterocycles. The molecule has 0 aliphatic rings. The first-order valence-electron chi connectivity index (χ1n) is 6.71. The summed E-state index contributed by atoms with van der Waals surface area (Å²) in [6, 6.07) is 3.41. The number of aryl methyl sites for hydroxylation is 1. The van der Waals surface area contributed by atoms with E-state index in [4.69, 9.17) is 5.73 Å². The minimum absolute atomic E-state index is 0.187. The molecule has 0 saturated carbocycles. The summed E-state index contributed by atoms with van der Waals surface area (Å²) in [5.41, 5.74) is 6.42. The zero-order valence-electron chi connectivity index (χ0n) is 11.6. The highest BCUT2D eigenvalue weighted by atomic mass is 16.1. The first-order valence-corrected chi connectivity index (χ1v) is 6.71. The van der Waals surface area contributed by atoms with Crippen LogP contribution in [0.5, 0.6) is 0 Å². The fraction of sp³-hybridized carbons (Fsp3) is 0.267. The lowest BCUT2D eigenvalue weighted by molar-refractivity contribution is 0.0948. The maximum absolute atomic E-state index is 11.9. The van der Waals surface area contributed by atoms with Crippen molar-refractivity contribution in [3.8, 4) is 11.8 Å². The first-order chi connectivity index (χ1) is 10.3. The molecule has 2 aromatic rings. The van der Waals surface area contributed by atoms with Gasteiger partial charge in [0.1, 0.15) is 11.5 Å². The van der Waals surface area contributed by atoms with Gasteiger partial charge in [-0.25, -0.2) is 9.97 Å². The number of carbonyl (C=O) groups excluding carboxylic acids is 1. The molecule has 0 radical (unpaired) electrons. The Kier molecular flexibility index (Phi) is 5.50. The van der Waals surface area contributed by atoms with E-state index in [2.05, 4.69) is 32.1 Å². The third kappa shape index (κ3) is 4.75. The number of rotatable bonds is 5. The standard InChI is InChI=1S/C15H17N5O/c16-7-1-3-12-5-6-13(20-11-12)15(21)19-8-2-4-14-17-9-10-18-14/h5-6,9-11H,2,4,7-8,16H2,(H,17,18)(H,19,21). The van der Waals surface area contributed by atoms with Crippen LogP contribution in [0.1, 0.15) is 28.3 Å². The van der Waals surface area contributed by atoms with Crippen molar-refractivity contribution in [2.45, 2.75) is 12.8 Å². The number of nitrogens with one attached hydrogen (secondary N) is 2. The predicted octanol–water partition coefficient (Wildman–Crippen LogP) is 0.477. The van der Waals surface area contributed by atoms with Crippen LogP contribution in [0, 0.1) is 11.8 Å². The zero-order valence-corrected chi connectivity index (χ0v) is 11.6. The maximum Gasteiger partial charge on any atom is 0.269 e. The Bertz CT molecular complexity index is 622. The van der Waals surface area contributed by atoms with Crippen molar-refractivity contribution in [3.63, 3.8) is 0 Å². The molecule has 108 valence electrons. The van der Waals surface area contributed by atoms with Crippen LogP contribution in [-0.4, -0.2) is 33.9 Å². The highest BCUT2D eigenvalue weighted by Gasteiger charge is 2.06. The molecule has 0 saturated heterocycles. The molecule has 0 aromatic carbocycles. The van der Waals surface area contributed by atoms with E-state index in [0.717, 1.165) is 24.2 Å². The predicted molar refractivity (Wildman–Crippen MR) is 79.4 cm³/mol. The molecule has 4 N–H and O–H groups in total. The Morgan fingerprint density at radius 3 is 2.95 bits per heavy atom. The van der Waals surface area contributed by atoms with Crippen LogP contribution in [0.25, 0.3) is 0 Å². The van der Waals surface area contributed by atoms with Crippen molar-refractivity contribution in [2.24, 2.45) is 5.73 Å². The van der Waals surface area contributed by atoms with Crippen LogP contribution in [0.2, 0.25) is 0 Å². The normalized spacial score (nSPS) is 9.76. The number of nitrogens with zero attached hydrogens (tertiary/aromatic N) is 2. The molecule has 21 heavy (non-hydrogen) atoms. The molecule has 0 fully saturated rings. The summed E-state index contributed by atoms with van der Waals surface area (Å²) < 4.78 is 0. The largest absolute Gasteiger partial charge is 0.351 e. The summed E-state index contributed by atoms with van der Waals surface area (Å²) in [5.74, 6) is 6.33. The number of aromatic nitrogens is 3. The number of aromatic amines is 1. The van der Waals surface area contributed by atoms with Crippen molar-refractivity contribution in [2.75, 3.05) is 13.1 Å². The smallest absolute Gasteiger partial charge is 0.269 e. The SMILES string of the molecule is NCC#Cc1ccc(C(=O)NCCCc2ncc[nH]2)nc1. The second-order valence-corrected chi connectivity index (χ2v) is 4.33. The van der Waals surface area contributed by atoms with Gasteiger partial charge in [0.2, 0.25) is 0 Å². The first kappa shape index (κ1) is 14.8. The minimum atomic E-state index is -0.187. The van der Waals surface area contributed by atoms with Crippen molar-refractivity contribution < 1.29 is 4.79 Å². The molecule has 0 unspecified atom stereocenters. The molecule has 0 bridgehead atoms. The lowest BCUT2D eigenvalue weighted by Gasteiger charge is -2.04. The Hall–Kier alpha value is -2.65. The Morgan fingerprint density at radius 2 is 2.29 bits per heavy atom. The number of pyridine rings is 1. The third-order valence-corrected chi connectivity index (χ3v) is 2.76. The number of carbonyl (C=O) groups is 1. The van der Waals surface area contributed by atoms with Crippen molar-refractivity contribution in [3.05, 3.63) is 47.8 Å². The van der Waals surface area contributed by atoms with Gasteiger partial charge in [-0.15, -0.1) is 0 Å². The fourth-order valence-electron chi connectivity index (χ4n) is 1.74. The average Bonchev–Trinajstić information content (AvgIpc) is 3.03. The van der Waals surface area contributed by atoms with Crippen molar-refractivity contribution in [1.82, 2.24) is 20.3 Å². The molecule has 0 aliphatic carbocycles. The molecule has 6 nitrogen and oxygen atoms in total. The van der Waals surface area contributed by atoms with Crippen molar-refractivity contribution >= 4 is 5.91 Å². The van der Waals surface area contributed by atoms with E-state index in [0.29, 0.717) is 18.8 Å². The van der Waals surface area contributed by atoms with Gasteiger partial charge in [-0.2, -0.15) is 0 Å². The topological polar surface area (TPSA) is 96.7 Å². The number of imidazole rings is 1. The quantitative estimate of drug-likeness (QED) is 0.549. The molecule has 2 aromatic heterocycles. The van der Waals surface area contributed by atoms with E-state index in [1.54, 1.807) is 30.7 Å². The van der Waals surface area contributed by atoms with Crippen LogP contribution in [0.15, 0.2) is 30.7 Å². The summed E-state index contributed by atoms with van der Waals surface area (Å²) >= 11 is 0. The van der Waals surface area contributed by atoms with Gasteiger partial charge in [0.15, 0.2) is 0 Å². The van der Waals surface area contributed by atoms with Gasteiger partial charge < -0.3 is 16.0 Å². The van der Waals surface area contributed by atoms with Crippen LogP contribution < -0.4 is 11.1 Å². The highest BCUT2D eigenvalue weighted by molar-refractivity contribution is 5.92. The van der Waals surface area contributed by atoms with E-state index >= 15 is 0 Å². The number of nitrogens with two attached hydrogens (primary N) is 1. The van der Waals surface area contributed by atoms with Crippen molar-refractivity contribution in [1.29, 1.82) is 0 Å². The van der Waals surface area contributed by atoms with E-state index in [1.807, 2.05) is 0 Å². The molecular formula is C15H17N5O. The molecule has 0 atom stereocenters. The van der Waals surface area contributed by atoms with Crippen LogP contribution in [-0.2, 0) is 6.42 Å². The molecular weight excluding hydrogens is 266 g/mol. The molecule has 2 heterocycles. The molecule has 1 amide bonds. The number of hydrogen-bond donors (Lipinski definition) is 3. The number of H-pyrrole nitrogens is 1. The van der Waals surface area contributed by atoms with E-state index in [9.17, 15) is 4.79 Å². The van der Waals surface area contributed by atoms with Crippen LogP contribution in [0.3, 0.4) is 0 Å². The molecule has 6 heteroatoms. The summed E-state index contributed by atoms with van der Waals surface area (Å²) in [7, 11) is 0. The van der Waals surface area contributed by atoms with Crippen LogP contribution in [0.4, 0.5) is 0 Å². The summed E-state index contributed by atoms with van der Waals surface area (Å²) in [4.78, 5) is 23.1. The monoisotopic (exact) mass is 283 g/mol.